The first-order valence-corrected chi connectivity index (χ1v) is 11.7. The van der Waals surface area contributed by atoms with E-state index < -0.39 is 0 Å². The molecule has 1 heterocycles. The van der Waals surface area contributed by atoms with E-state index in [1.807, 2.05) is 6.08 Å². The van der Waals surface area contributed by atoms with Crippen LogP contribution in [-0.4, -0.2) is 49.3 Å². The molecule has 0 fully saturated rings. The summed E-state index contributed by atoms with van der Waals surface area (Å²) in [6, 6.07) is 0. The highest BCUT2D eigenvalue weighted by Gasteiger charge is 2.21. The first kappa shape index (κ1) is 24.3. The van der Waals surface area contributed by atoms with Gasteiger partial charge in [-0.1, -0.05) is 16.9 Å². The van der Waals surface area contributed by atoms with Crippen molar-refractivity contribution >= 4 is 33.7 Å². The fourth-order valence-electron chi connectivity index (χ4n) is 2.11. The molecule has 5 nitrogen and oxygen atoms in total. The highest BCUT2D eigenvalue weighted by molar-refractivity contribution is 8.78. The van der Waals surface area contributed by atoms with Crippen LogP contribution in [0.4, 0.5) is 0 Å². The number of aliphatic imine (C=N–C) groups is 1. The minimum absolute atomic E-state index is 0.0828. The molecule has 0 atom stereocenters. The maximum atomic E-state index is 12.0. The quantitative estimate of drug-likeness (QED) is 0.348. The predicted molar refractivity (Wildman–Crippen MR) is 118 cm³/mol. The number of amides is 1. The van der Waals surface area contributed by atoms with Crippen molar-refractivity contribution in [2.45, 2.75) is 64.6 Å². The Balaban J connectivity index is 2.10. The number of hydrogen-bond acceptors (Lipinski definition) is 6. The molecule has 0 aliphatic carbocycles. The van der Waals surface area contributed by atoms with Gasteiger partial charge in [0.25, 0.3) is 0 Å². The van der Waals surface area contributed by atoms with Crippen LogP contribution in [0, 0.1) is 0 Å². The minimum Gasteiger partial charge on any atom is -0.379 e. The van der Waals surface area contributed by atoms with Crippen LogP contribution in [0.1, 0.15) is 53.4 Å². The number of carbonyl (C=O) groups excluding carboxylic acids is 1. The smallest absolute Gasteiger partial charge is 0.220 e. The highest BCUT2D eigenvalue weighted by Crippen LogP contribution is 2.32. The number of ether oxygens (including phenoxy) is 2. The molecule has 27 heavy (non-hydrogen) atoms. The van der Waals surface area contributed by atoms with E-state index in [4.69, 9.17) is 9.47 Å². The molecule has 0 unspecified atom stereocenters. The van der Waals surface area contributed by atoms with E-state index >= 15 is 0 Å². The second kappa shape index (κ2) is 12.6. The largest absolute Gasteiger partial charge is 0.379 e. The molecule has 0 saturated heterocycles. The monoisotopic (exact) mass is 414 g/mol. The summed E-state index contributed by atoms with van der Waals surface area (Å²) in [4.78, 5) is 16.3. The molecular weight excluding hydrogens is 380 g/mol. The van der Waals surface area contributed by atoms with Crippen LogP contribution in [0.3, 0.4) is 0 Å². The highest BCUT2D eigenvalue weighted by atomic mass is 33.1. The van der Waals surface area contributed by atoms with Crippen molar-refractivity contribution in [2.75, 3.05) is 26.0 Å². The van der Waals surface area contributed by atoms with Gasteiger partial charge in [0.05, 0.1) is 17.8 Å². The van der Waals surface area contributed by atoms with Gasteiger partial charge in [-0.2, -0.15) is 0 Å². The summed E-state index contributed by atoms with van der Waals surface area (Å²) in [6.07, 6.45) is 10.9. The second-order valence-corrected chi connectivity index (χ2v) is 10.00. The van der Waals surface area contributed by atoms with Crippen LogP contribution in [0.15, 0.2) is 28.2 Å². The van der Waals surface area contributed by atoms with Crippen molar-refractivity contribution in [3.05, 3.63) is 23.3 Å². The molecule has 1 aliphatic heterocycles. The molecule has 0 aromatic carbocycles. The van der Waals surface area contributed by atoms with E-state index in [1.54, 1.807) is 34.9 Å². The Morgan fingerprint density at radius 3 is 2.78 bits per heavy atom. The minimum atomic E-state index is -0.264. The number of allylic oxidation sites excluding steroid dienone is 3. The summed E-state index contributed by atoms with van der Waals surface area (Å²) >= 11 is 0. The van der Waals surface area contributed by atoms with Crippen LogP contribution in [0.2, 0.25) is 0 Å². The molecule has 1 N–H and O–H groups in total. The van der Waals surface area contributed by atoms with Crippen molar-refractivity contribution in [1.82, 2.24) is 5.32 Å². The van der Waals surface area contributed by atoms with E-state index in [-0.39, 0.29) is 17.1 Å². The lowest BCUT2D eigenvalue weighted by Crippen LogP contribution is -2.34. The zero-order valence-electron chi connectivity index (χ0n) is 17.2. The molecule has 0 aromatic rings. The molecule has 0 saturated carbocycles. The van der Waals surface area contributed by atoms with Gasteiger partial charge >= 0.3 is 0 Å². The third-order valence-corrected chi connectivity index (χ3v) is 6.51. The zero-order chi connectivity index (χ0) is 20.2. The molecule has 1 amide bonds. The normalized spacial score (nSPS) is 14.8. The molecule has 7 heteroatoms. The summed E-state index contributed by atoms with van der Waals surface area (Å²) in [7, 11) is 5.00. The third-order valence-electron chi connectivity index (χ3n) is 4.21. The molecule has 0 aromatic heterocycles. The average molecular weight is 415 g/mol. The average Bonchev–Trinajstić information content (AvgIpc) is 2.87. The lowest BCUT2D eigenvalue weighted by molar-refractivity contribution is -0.121. The summed E-state index contributed by atoms with van der Waals surface area (Å²) in [6.45, 7) is 9.48. The Morgan fingerprint density at radius 1 is 1.26 bits per heavy atom. The third kappa shape index (κ3) is 12.3. The van der Waals surface area contributed by atoms with Crippen molar-refractivity contribution in [3.63, 3.8) is 0 Å². The van der Waals surface area contributed by atoms with E-state index in [2.05, 4.69) is 50.2 Å². The predicted octanol–water partition coefficient (Wildman–Crippen LogP) is 4.75. The second-order valence-electron chi connectivity index (χ2n) is 7.56. The van der Waals surface area contributed by atoms with Crippen LogP contribution < -0.4 is 5.32 Å². The number of methoxy groups -OCH3 is 1. The Bertz CT molecular complexity index is 543. The van der Waals surface area contributed by atoms with Gasteiger partial charge in [0.15, 0.2) is 0 Å². The van der Waals surface area contributed by atoms with Gasteiger partial charge in [-0.15, -0.1) is 0 Å². The van der Waals surface area contributed by atoms with Gasteiger partial charge in [-0.25, -0.2) is 4.99 Å². The fourth-order valence-corrected chi connectivity index (χ4v) is 4.04. The van der Waals surface area contributed by atoms with Crippen molar-refractivity contribution in [1.29, 1.82) is 0 Å². The van der Waals surface area contributed by atoms with E-state index in [0.29, 0.717) is 19.6 Å². The van der Waals surface area contributed by atoms with Crippen LogP contribution in [0.25, 0.3) is 0 Å². The van der Waals surface area contributed by atoms with Gasteiger partial charge in [0.2, 0.25) is 5.91 Å². The topological polar surface area (TPSA) is 59.9 Å². The molecule has 1 rings (SSSR count). The number of carbonyl (C=O) groups is 1. The van der Waals surface area contributed by atoms with Gasteiger partial charge in [-0.3, -0.25) is 4.79 Å². The standard InChI is InChI=1S/C20H34N2O3S2/c1-19(2,24-5)12-15-25-20(3,4)11-14-21-17(23)10-16-26-27-18-9-7-6-8-13-22-18/h6,8-9,13H,7,10-12,14-16H2,1-5H3,(H,21,23). The first-order chi connectivity index (χ1) is 12.7. The van der Waals surface area contributed by atoms with Gasteiger partial charge in [0.1, 0.15) is 5.03 Å². The van der Waals surface area contributed by atoms with E-state index in [0.717, 1.165) is 30.0 Å². The molecule has 154 valence electrons. The summed E-state index contributed by atoms with van der Waals surface area (Å²) in [5, 5.41) is 3.99. The van der Waals surface area contributed by atoms with Gasteiger partial charge < -0.3 is 14.8 Å². The van der Waals surface area contributed by atoms with Crippen molar-refractivity contribution in [2.24, 2.45) is 4.99 Å². The lowest BCUT2D eigenvalue weighted by atomic mass is 10.0. The first-order valence-electron chi connectivity index (χ1n) is 9.39. The Kier molecular flexibility index (Phi) is 11.4. The van der Waals surface area contributed by atoms with Crippen molar-refractivity contribution in [3.8, 4) is 0 Å². The summed E-state index contributed by atoms with van der Waals surface area (Å²) in [5.41, 5.74) is -0.436. The van der Waals surface area contributed by atoms with E-state index in [9.17, 15) is 4.79 Å². The maximum Gasteiger partial charge on any atom is 0.220 e. The Morgan fingerprint density at radius 2 is 2.04 bits per heavy atom. The van der Waals surface area contributed by atoms with Crippen LogP contribution in [-0.2, 0) is 14.3 Å². The summed E-state index contributed by atoms with van der Waals surface area (Å²) in [5.74, 6) is 0.849. The molecular formula is C20H34N2O3S2. The summed E-state index contributed by atoms with van der Waals surface area (Å²) < 4.78 is 11.4. The number of hydrogen-bond donors (Lipinski definition) is 1. The number of rotatable bonds is 13. The lowest BCUT2D eigenvalue weighted by Gasteiger charge is -2.29. The molecule has 0 bridgehead atoms. The molecule has 0 radical (unpaired) electrons. The van der Waals surface area contributed by atoms with E-state index in [1.165, 1.54) is 0 Å². The maximum absolute atomic E-state index is 12.0. The number of nitrogens with zero attached hydrogens (tertiary/aromatic N) is 1. The molecule has 1 aliphatic rings. The zero-order valence-corrected chi connectivity index (χ0v) is 18.9. The molecule has 0 spiro atoms. The van der Waals surface area contributed by atoms with Crippen molar-refractivity contribution < 1.29 is 14.3 Å². The fraction of sp³-hybridized carbons (Fsp3) is 0.700. The van der Waals surface area contributed by atoms with Crippen LogP contribution >= 0.6 is 21.6 Å². The van der Waals surface area contributed by atoms with Gasteiger partial charge in [-0.05, 0) is 69.9 Å². The number of nitrogens with one attached hydrogen (secondary N) is 1. The van der Waals surface area contributed by atoms with Crippen LogP contribution in [0.5, 0.6) is 0 Å². The Hall–Kier alpha value is -0.760. The Labute approximate surface area is 172 Å². The SMILES string of the molecule is COC(C)(C)CCOC(C)(C)CCNC(=O)CCSSC1=CCC=CC=N1. The van der Waals surface area contributed by atoms with Gasteiger partial charge in [0, 0.05) is 32.0 Å².